The second-order valence-corrected chi connectivity index (χ2v) is 8.14. The van der Waals surface area contributed by atoms with Gasteiger partial charge in [-0.1, -0.05) is 23.4 Å². The normalized spacial score (nSPS) is 12.2. The van der Waals surface area contributed by atoms with Gasteiger partial charge in [0.2, 0.25) is 11.0 Å². The largest absolute Gasteiger partial charge is 0.444 e. The van der Waals surface area contributed by atoms with Crippen LogP contribution in [0, 0.1) is 0 Å². The lowest BCUT2D eigenvalue weighted by atomic mass is 10.3. The van der Waals surface area contributed by atoms with Crippen molar-refractivity contribution in [3.05, 3.63) is 72.1 Å². The fourth-order valence-corrected chi connectivity index (χ4v) is 2.99. The molecular formula is C19H20N4O5S. The Labute approximate surface area is 168 Å². The zero-order valence-electron chi connectivity index (χ0n) is 15.8. The molecular weight excluding hydrogens is 396 g/mol. The van der Waals surface area contributed by atoms with Crippen LogP contribution in [0.2, 0.25) is 0 Å². The quantitative estimate of drug-likeness (QED) is 0.340. The molecule has 0 atom stereocenters. The van der Waals surface area contributed by atoms with Crippen molar-refractivity contribution in [1.29, 1.82) is 0 Å². The zero-order valence-corrected chi connectivity index (χ0v) is 16.7. The Morgan fingerprint density at radius 3 is 2.55 bits per heavy atom. The van der Waals surface area contributed by atoms with Crippen molar-refractivity contribution in [2.24, 2.45) is 10.9 Å². The van der Waals surface area contributed by atoms with E-state index in [1.165, 1.54) is 32.4 Å². The summed E-state index contributed by atoms with van der Waals surface area (Å²) >= 11 is 0. The summed E-state index contributed by atoms with van der Waals surface area (Å²) in [7, 11) is -0.797. The fourth-order valence-electron chi connectivity index (χ4n) is 2.17. The topological polar surface area (TPSA) is 120 Å². The maximum absolute atomic E-state index is 12.0. The molecule has 0 aliphatic carbocycles. The number of furan rings is 1. The number of sulfonamides is 1. The number of aromatic nitrogens is 1. The molecule has 29 heavy (non-hydrogen) atoms. The molecule has 10 heteroatoms. The number of nitrogens with two attached hydrogens (primary N) is 1. The highest BCUT2D eigenvalue weighted by Gasteiger charge is 2.21. The van der Waals surface area contributed by atoms with Gasteiger partial charge in [-0.15, -0.1) is 0 Å². The lowest BCUT2D eigenvalue weighted by Gasteiger charge is -2.07. The molecule has 9 nitrogen and oxygen atoms in total. The van der Waals surface area contributed by atoms with Crippen LogP contribution >= 0.6 is 0 Å². The van der Waals surface area contributed by atoms with E-state index in [1.54, 1.807) is 12.1 Å². The predicted octanol–water partition coefficient (Wildman–Crippen LogP) is 2.55. The van der Waals surface area contributed by atoms with Crippen molar-refractivity contribution in [2.45, 2.75) is 11.7 Å². The summed E-state index contributed by atoms with van der Waals surface area (Å²) in [5.74, 6) is 1.49. The number of para-hydroxylation sites is 1. The molecule has 2 aromatic heterocycles. The van der Waals surface area contributed by atoms with Gasteiger partial charge in [0.15, 0.2) is 12.4 Å². The van der Waals surface area contributed by atoms with Gasteiger partial charge in [0, 0.05) is 31.9 Å². The molecule has 152 valence electrons. The molecule has 2 heterocycles. The summed E-state index contributed by atoms with van der Waals surface area (Å²) in [4.78, 5) is 9.33. The Morgan fingerprint density at radius 2 is 1.90 bits per heavy atom. The zero-order chi connectivity index (χ0) is 20.9. The van der Waals surface area contributed by atoms with E-state index in [-0.39, 0.29) is 17.5 Å². The molecule has 0 bridgehead atoms. The van der Waals surface area contributed by atoms with Gasteiger partial charge in [-0.05, 0) is 30.3 Å². The van der Waals surface area contributed by atoms with Crippen molar-refractivity contribution in [3.8, 4) is 11.6 Å². The van der Waals surface area contributed by atoms with Gasteiger partial charge in [-0.25, -0.2) is 17.7 Å². The molecule has 0 saturated carbocycles. The number of amidine groups is 1. The molecule has 2 N–H and O–H groups in total. The van der Waals surface area contributed by atoms with Gasteiger partial charge in [0.05, 0.1) is 0 Å². The van der Waals surface area contributed by atoms with E-state index in [4.69, 9.17) is 19.7 Å². The Morgan fingerprint density at radius 1 is 1.14 bits per heavy atom. The Balaban J connectivity index is 1.58. The third kappa shape index (κ3) is 5.12. The summed E-state index contributed by atoms with van der Waals surface area (Å²) < 4.78 is 35.9. The highest BCUT2D eigenvalue weighted by Crippen LogP contribution is 2.19. The first-order valence-corrected chi connectivity index (χ1v) is 9.96. The maximum Gasteiger partial charge on any atom is 0.275 e. The maximum atomic E-state index is 12.0. The monoisotopic (exact) mass is 416 g/mol. The Kier molecular flexibility index (Phi) is 6.15. The van der Waals surface area contributed by atoms with Gasteiger partial charge in [0.25, 0.3) is 10.0 Å². The van der Waals surface area contributed by atoms with Gasteiger partial charge in [-0.3, -0.25) is 0 Å². The molecule has 0 amide bonds. The van der Waals surface area contributed by atoms with Crippen LogP contribution in [-0.4, -0.2) is 37.6 Å². The van der Waals surface area contributed by atoms with Gasteiger partial charge >= 0.3 is 0 Å². The molecule has 0 fully saturated rings. The van der Waals surface area contributed by atoms with Gasteiger partial charge in [-0.2, -0.15) is 0 Å². The van der Waals surface area contributed by atoms with Crippen LogP contribution in [0.15, 0.2) is 75.5 Å². The average molecular weight is 416 g/mol. The molecule has 0 spiro atoms. The lowest BCUT2D eigenvalue weighted by Crippen LogP contribution is -2.21. The van der Waals surface area contributed by atoms with Crippen LogP contribution < -0.4 is 10.5 Å². The van der Waals surface area contributed by atoms with E-state index in [0.717, 1.165) is 4.31 Å². The first kappa shape index (κ1) is 20.4. The molecule has 3 aromatic rings. The smallest absolute Gasteiger partial charge is 0.275 e. The van der Waals surface area contributed by atoms with Crippen molar-refractivity contribution in [2.75, 3.05) is 14.1 Å². The SMILES string of the molecule is CN(C)S(=O)(=O)c1ccc(CO/N=C(/N)c2ccc(Oc3ccccc3)nc2)o1. The number of hydrogen-bond donors (Lipinski definition) is 1. The van der Waals surface area contributed by atoms with Crippen molar-refractivity contribution in [3.63, 3.8) is 0 Å². The first-order chi connectivity index (χ1) is 13.9. The van der Waals surface area contributed by atoms with Crippen LogP contribution in [0.5, 0.6) is 11.6 Å². The molecule has 3 rings (SSSR count). The number of benzene rings is 1. The summed E-state index contributed by atoms with van der Waals surface area (Å²) in [5, 5.41) is 3.63. The molecule has 0 radical (unpaired) electrons. The van der Waals surface area contributed by atoms with Gasteiger partial charge in [0.1, 0.15) is 11.5 Å². The number of oxime groups is 1. The van der Waals surface area contributed by atoms with Crippen LogP contribution in [0.4, 0.5) is 0 Å². The highest BCUT2D eigenvalue weighted by molar-refractivity contribution is 7.88. The standard InChI is InChI=1S/C19H20N4O5S/c1-23(2)29(24,25)18-11-9-16(28-18)13-26-22-19(20)14-8-10-17(21-12-14)27-15-6-4-3-5-7-15/h3-12H,13H2,1-2H3,(H2,20,22). The van der Waals surface area contributed by atoms with E-state index in [9.17, 15) is 8.42 Å². The van der Waals surface area contributed by atoms with Gasteiger partial charge < -0.3 is 19.7 Å². The second-order valence-electron chi connectivity index (χ2n) is 6.06. The van der Waals surface area contributed by atoms with Crippen molar-refractivity contribution >= 4 is 15.9 Å². The number of rotatable bonds is 8. The Bertz CT molecular complexity index is 1080. The Hall–Kier alpha value is -3.37. The third-order valence-corrected chi connectivity index (χ3v) is 5.43. The summed E-state index contributed by atoms with van der Waals surface area (Å²) in [6.45, 7) is -0.0771. The molecule has 0 aliphatic heterocycles. The summed E-state index contributed by atoms with van der Waals surface area (Å²) in [5.41, 5.74) is 6.43. The van der Waals surface area contributed by atoms with Crippen LogP contribution in [0.3, 0.4) is 0 Å². The van der Waals surface area contributed by atoms with Crippen molar-refractivity contribution < 1.29 is 22.4 Å². The number of ether oxygens (including phenoxy) is 1. The van der Waals surface area contributed by atoms with E-state index < -0.39 is 10.0 Å². The number of pyridine rings is 1. The van der Waals surface area contributed by atoms with E-state index in [1.807, 2.05) is 30.3 Å². The minimum Gasteiger partial charge on any atom is -0.444 e. The van der Waals surface area contributed by atoms with Crippen LogP contribution in [0.25, 0.3) is 0 Å². The number of hydrogen-bond acceptors (Lipinski definition) is 7. The lowest BCUT2D eigenvalue weighted by molar-refractivity contribution is 0.111. The fraction of sp³-hybridized carbons (Fsp3) is 0.158. The minimum absolute atomic E-state index is 0.0771. The van der Waals surface area contributed by atoms with E-state index in [0.29, 0.717) is 23.0 Å². The van der Waals surface area contributed by atoms with Crippen LogP contribution in [-0.2, 0) is 21.5 Å². The number of nitrogens with zero attached hydrogens (tertiary/aromatic N) is 3. The second kappa shape index (κ2) is 8.76. The van der Waals surface area contributed by atoms with Crippen molar-refractivity contribution in [1.82, 2.24) is 9.29 Å². The highest BCUT2D eigenvalue weighted by atomic mass is 32.2. The average Bonchev–Trinajstić information content (AvgIpc) is 3.19. The first-order valence-electron chi connectivity index (χ1n) is 8.52. The molecule has 1 aromatic carbocycles. The molecule has 0 aliphatic rings. The molecule has 0 saturated heterocycles. The predicted molar refractivity (Wildman–Crippen MR) is 106 cm³/mol. The summed E-state index contributed by atoms with van der Waals surface area (Å²) in [6.07, 6.45) is 1.51. The summed E-state index contributed by atoms with van der Waals surface area (Å²) in [6, 6.07) is 15.5. The van der Waals surface area contributed by atoms with E-state index in [2.05, 4.69) is 10.1 Å². The van der Waals surface area contributed by atoms with Crippen LogP contribution in [0.1, 0.15) is 11.3 Å². The van der Waals surface area contributed by atoms with E-state index >= 15 is 0 Å². The minimum atomic E-state index is -3.64. The third-order valence-electron chi connectivity index (χ3n) is 3.74. The molecule has 0 unspecified atom stereocenters.